The zero-order valence-electron chi connectivity index (χ0n) is 13.9. The van der Waals surface area contributed by atoms with Crippen molar-refractivity contribution < 1.29 is 14.3 Å². The van der Waals surface area contributed by atoms with E-state index in [1.54, 1.807) is 0 Å². The summed E-state index contributed by atoms with van der Waals surface area (Å²) < 4.78 is 11.1. The number of fused-ring (bicyclic) bond motifs is 2. The van der Waals surface area contributed by atoms with Gasteiger partial charge in [0.1, 0.15) is 13.2 Å². The minimum Gasteiger partial charge on any atom is -0.486 e. The third-order valence-electron chi connectivity index (χ3n) is 4.81. The zero-order chi connectivity index (χ0) is 17.2. The number of halogens is 1. The lowest BCUT2D eigenvalue weighted by Crippen LogP contribution is -2.31. The van der Waals surface area contributed by atoms with E-state index in [4.69, 9.17) is 21.1 Å². The molecule has 1 aliphatic carbocycles. The summed E-state index contributed by atoms with van der Waals surface area (Å²) in [5.41, 5.74) is 3.36. The van der Waals surface area contributed by atoms with Gasteiger partial charge in [-0.3, -0.25) is 4.79 Å². The Kier molecular flexibility index (Phi) is 4.53. The molecule has 0 radical (unpaired) electrons. The number of hydrogen-bond donors (Lipinski definition) is 1. The number of benzene rings is 2. The fourth-order valence-electron chi connectivity index (χ4n) is 3.60. The molecule has 4 rings (SSSR count). The maximum absolute atomic E-state index is 12.7. The van der Waals surface area contributed by atoms with E-state index in [2.05, 4.69) is 17.4 Å². The minimum absolute atomic E-state index is 0.0677. The summed E-state index contributed by atoms with van der Waals surface area (Å²) in [5, 5.41) is 3.57. The number of carbonyl (C=O) groups is 1. The number of nitrogens with one attached hydrogen (secondary N) is 1. The van der Waals surface area contributed by atoms with E-state index < -0.39 is 0 Å². The summed E-state index contributed by atoms with van der Waals surface area (Å²) in [7, 11) is 0. The highest BCUT2D eigenvalue weighted by molar-refractivity contribution is 6.32. The Labute approximate surface area is 152 Å². The predicted octanol–water partition coefficient (Wildman–Crippen LogP) is 3.85. The fourth-order valence-corrected chi connectivity index (χ4v) is 3.89. The topological polar surface area (TPSA) is 47.6 Å². The van der Waals surface area contributed by atoms with Crippen LogP contribution < -0.4 is 14.8 Å². The molecule has 2 aliphatic rings. The number of ether oxygens (including phenoxy) is 2. The van der Waals surface area contributed by atoms with Crippen molar-refractivity contribution in [1.29, 1.82) is 0 Å². The number of rotatable bonds is 3. The maximum atomic E-state index is 12.7. The minimum atomic E-state index is -0.0716. The largest absolute Gasteiger partial charge is 0.486 e. The van der Waals surface area contributed by atoms with E-state index in [9.17, 15) is 4.79 Å². The van der Waals surface area contributed by atoms with Gasteiger partial charge in [0.25, 0.3) is 0 Å². The average Bonchev–Trinajstić information content (AvgIpc) is 2.66. The van der Waals surface area contributed by atoms with Crippen molar-refractivity contribution in [3.8, 4) is 11.5 Å². The number of amides is 1. The van der Waals surface area contributed by atoms with Gasteiger partial charge in [0.15, 0.2) is 11.5 Å². The lowest BCUT2D eigenvalue weighted by Gasteiger charge is -2.25. The number of carbonyl (C=O) groups excluding carboxylic acids is 1. The third kappa shape index (κ3) is 3.31. The Morgan fingerprint density at radius 1 is 1.20 bits per heavy atom. The molecule has 0 fully saturated rings. The van der Waals surface area contributed by atoms with E-state index in [0.717, 1.165) is 30.4 Å². The second kappa shape index (κ2) is 6.96. The molecule has 0 saturated carbocycles. The molecule has 2 aromatic carbocycles. The predicted molar refractivity (Wildman–Crippen MR) is 96.4 cm³/mol. The van der Waals surface area contributed by atoms with E-state index in [-0.39, 0.29) is 11.8 Å². The molecule has 1 unspecified atom stereocenters. The first-order chi connectivity index (χ1) is 12.2. The molecule has 1 atom stereocenters. The van der Waals surface area contributed by atoms with Gasteiger partial charge in [-0.1, -0.05) is 35.9 Å². The van der Waals surface area contributed by atoms with Gasteiger partial charge in [-0.05, 0) is 48.1 Å². The Hall–Kier alpha value is -2.20. The first-order valence-corrected chi connectivity index (χ1v) is 9.03. The van der Waals surface area contributed by atoms with Crippen LogP contribution in [-0.4, -0.2) is 19.1 Å². The standard InChI is InChI=1S/C20H20ClNO3/c21-17-10-13(11-18-19(17)25-9-8-24-18)12-22-20(23)16-7-3-5-14-4-1-2-6-15(14)16/h1-2,4,6,10-11,16H,3,5,7-9,12H2,(H,22,23). The summed E-state index contributed by atoms with van der Waals surface area (Å²) >= 11 is 6.26. The summed E-state index contributed by atoms with van der Waals surface area (Å²) in [6, 6.07) is 11.9. The molecule has 5 heteroatoms. The SMILES string of the molecule is O=C(NCc1cc(Cl)c2c(c1)OCCO2)C1CCCc2ccccc21. The molecule has 0 bridgehead atoms. The van der Waals surface area contributed by atoms with Crippen molar-refractivity contribution in [2.24, 2.45) is 0 Å². The highest BCUT2D eigenvalue weighted by Gasteiger charge is 2.26. The summed E-state index contributed by atoms with van der Waals surface area (Å²) in [6.45, 7) is 1.44. The van der Waals surface area contributed by atoms with Crippen LogP contribution in [0.5, 0.6) is 11.5 Å². The Morgan fingerprint density at radius 3 is 2.96 bits per heavy atom. The second-order valence-corrected chi connectivity index (χ2v) is 6.87. The lowest BCUT2D eigenvalue weighted by atomic mass is 9.82. The van der Waals surface area contributed by atoms with Crippen LogP contribution in [0.2, 0.25) is 5.02 Å². The van der Waals surface area contributed by atoms with E-state index in [1.807, 2.05) is 24.3 Å². The second-order valence-electron chi connectivity index (χ2n) is 6.46. The Balaban J connectivity index is 1.47. The third-order valence-corrected chi connectivity index (χ3v) is 5.09. The van der Waals surface area contributed by atoms with Gasteiger partial charge in [0.2, 0.25) is 5.91 Å². The van der Waals surface area contributed by atoms with Crippen LogP contribution in [0.25, 0.3) is 0 Å². The van der Waals surface area contributed by atoms with Crippen LogP contribution in [0.4, 0.5) is 0 Å². The summed E-state index contributed by atoms with van der Waals surface area (Å²) in [5.74, 6) is 1.23. The smallest absolute Gasteiger partial charge is 0.227 e. The highest BCUT2D eigenvalue weighted by atomic mass is 35.5. The number of hydrogen-bond acceptors (Lipinski definition) is 3. The van der Waals surface area contributed by atoms with Crippen molar-refractivity contribution in [1.82, 2.24) is 5.32 Å². The molecular formula is C20H20ClNO3. The highest BCUT2D eigenvalue weighted by Crippen LogP contribution is 2.38. The lowest BCUT2D eigenvalue weighted by molar-refractivity contribution is -0.123. The summed E-state index contributed by atoms with van der Waals surface area (Å²) in [6.07, 6.45) is 2.99. The normalized spacial score (nSPS) is 18.4. The molecule has 0 aromatic heterocycles. The molecule has 130 valence electrons. The Bertz CT molecular complexity index is 806. The van der Waals surface area contributed by atoms with Gasteiger partial charge < -0.3 is 14.8 Å². The molecule has 0 spiro atoms. The van der Waals surface area contributed by atoms with E-state index >= 15 is 0 Å². The molecular weight excluding hydrogens is 338 g/mol. The molecule has 25 heavy (non-hydrogen) atoms. The van der Waals surface area contributed by atoms with Crippen LogP contribution >= 0.6 is 11.6 Å². The van der Waals surface area contributed by atoms with Crippen molar-refractivity contribution in [2.45, 2.75) is 31.7 Å². The van der Waals surface area contributed by atoms with Crippen LogP contribution in [-0.2, 0) is 17.8 Å². The molecule has 1 N–H and O–H groups in total. The average molecular weight is 358 g/mol. The van der Waals surface area contributed by atoms with Gasteiger partial charge >= 0.3 is 0 Å². The fraction of sp³-hybridized carbons (Fsp3) is 0.350. The molecule has 4 nitrogen and oxygen atoms in total. The van der Waals surface area contributed by atoms with Crippen molar-refractivity contribution >= 4 is 17.5 Å². The van der Waals surface area contributed by atoms with Gasteiger partial charge in [0.05, 0.1) is 10.9 Å². The number of aryl methyl sites for hydroxylation is 1. The van der Waals surface area contributed by atoms with Crippen molar-refractivity contribution in [3.05, 3.63) is 58.1 Å². The Morgan fingerprint density at radius 2 is 2.04 bits per heavy atom. The maximum Gasteiger partial charge on any atom is 0.227 e. The van der Waals surface area contributed by atoms with Crippen molar-refractivity contribution in [3.63, 3.8) is 0 Å². The van der Waals surface area contributed by atoms with Crippen LogP contribution in [0.3, 0.4) is 0 Å². The molecule has 1 heterocycles. The van der Waals surface area contributed by atoms with Gasteiger partial charge in [-0.2, -0.15) is 0 Å². The molecule has 1 amide bonds. The first-order valence-electron chi connectivity index (χ1n) is 8.66. The molecule has 2 aromatic rings. The van der Waals surface area contributed by atoms with E-state index in [0.29, 0.717) is 36.3 Å². The van der Waals surface area contributed by atoms with Gasteiger partial charge in [-0.25, -0.2) is 0 Å². The van der Waals surface area contributed by atoms with Gasteiger partial charge in [0, 0.05) is 6.54 Å². The van der Waals surface area contributed by atoms with Crippen LogP contribution in [0.1, 0.15) is 35.4 Å². The first kappa shape index (κ1) is 16.3. The van der Waals surface area contributed by atoms with Gasteiger partial charge in [-0.15, -0.1) is 0 Å². The molecule has 0 saturated heterocycles. The zero-order valence-corrected chi connectivity index (χ0v) is 14.6. The van der Waals surface area contributed by atoms with Crippen molar-refractivity contribution in [2.75, 3.05) is 13.2 Å². The molecule has 1 aliphatic heterocycles. The van der Waals surface area contributed by atoms with Crippen LogP contribution in [0.15, 0.2) is 36.4 Å². The van der Waals surface area contributed by atoms with E-state index in [1.165, 1.54) is 5.56 Å². The summed E-state index contributed by atoms with van der Waals surface area (Å²) in [4.78, 5) is 12.7. The quantitative estimate of drug-likeness (QED) is 0.907. The monoisotopic (exact) mass is 357 g/mol. The van der Waals surface area contributed by atoms with Crippen LogP contribution in [0, 0.1) is 0 Å².